The van der Waals surface area contributed by atoms with Gasteiger partial charge in [0.1, 0.15) is 5.75 Å². The Morgan fingerprint density at radius 3 is 2.41 bits per heavy atom. The number of carbonyl (C=O) groups is 2. The highest BCUT2D eigenvalue weighted by atomic mass is 32.2. The van der Waals surface area contributed by atoms with E-state index in [1.807, 2.05) is 0 Å². The summed E-state index contributed by atoms with van der Waals surface area (Å²) in [6, 6.07) is 3.40. The SMILES string of the molecule is Cc1cc2c(cc1S(=O)(=O)N1CCC(C(=O)NC3CCCCCC3)CC1)OC(C)C(=O)N2. The summed E-state index contributed by atoms with van der Waals surface area (Å²) in [6.07, 6.45) is 7.24. The monoisotopic (exact) mass is 463 g/mol. The molecule has 2 N–H and O–H groups in total. The molecule has 2 fully saturated rings. The lowest BCUT2D eigenvalue weighted by Gasteiger charge is -2.32. The zero-order chi connectivity index (χ0) is 22.9. The first-order chi connectivity index (χ1) is 15.3. The number of aryl methyl sites for hydroxylation is 1. The van der Waals surface area contributed by atoms with Gasteiger partial charge in [-0.05, 0) is 51.2 Å². The van der Waals surface area contributed by atoms with Crippen LogP contribution in [-0.2, 0) is 19.6 Å². The van der Waals surface area contributed by atoms with E-state index in [1.165, 1.54) is 23.2 Å². The van der Waals surface area contributed by atoms with Crippen molar-refractivity contribution in [1.29, 1.82) is 0 Å². The number of rotatable bonds is 4. The standard InChI is InChI=1S/C23H33N3O5S/c1-15-13-19-20(31-16(2)22(27)25-19)14-21(15)32(29,30)26-11-9-17(10-12-26)23(28)24-18-7-5-3-4-6-8-18/h13-14,16-18H,3-12H2,1-2H3,(H,24,28)(H,25,27). The first-order valence-corrected chi connectivity index (χ1v) is 13.1. The van der Waals surface area contributed by atoms with Crippen LogP contribution < -0.4 is 15.4 Å². The first-order valence-electron chi connectivity index (χ1n) is 11.7. The molecule has 0 spiro atoms. The van der Waals surface area contributed by atoms with Gasteiger partial charge in [0.2, 0.25) is 15.9 Å². The van der Waals surface area contributed by atoms with Gasteiger partial charge in [-0.2, -0.15) is 4.31 Å². The van der Waals surface area contributed by atoms with Crippen molar-refractivity contribution in [2.45, 2.75) is 82.3 Å². The van der Waals surface area contributed by atoms with Crippen LogP contribution in [0.3, 0.4) is 0 Å². The van der Waals surface area contributed by atoms with E-state index < -0.39 is 16.1 Å². The number of benzene rings is 1. The molecule has 1 aromatic carbocycles. The van der Waals surface area contributed by atoms with Gasteiger partial charge in [0.05, 0.1) is 10.6 Å². The molecule has 8 nitrogen and oxygen atoms in total. The van der Waals surface area contributed by atoms with Gasteiger partial charge in [-0.3, -0.25) is 9.59 Å². The van der Waals surface area contributed by atoms with Crippen LogP contribution in [0.15, 0.2) is 17.0 Å². The Morgan fingerprint density at radius 2 is 1.75 bits per heavy atom. The summed E-state index contributed by atoms with van der Waals surface area (Å²) in [4.78, 5) is 24.8. The van der Waals surface area contributed by atoms with Crippen molar-refractivity contribution in [3.05, 3.63) is 17.7 Å². The third-order valence-electron chi connectivity index (χ3n) is 6.85. The summed E-state index contributed by atoms with van der Waals surface area (Å²) >= 11 is 0. The number of piperidine rings is 1. The van der Waals surface area contributed by atoms with E-state index in [1.54, 1.807) is 19.9 Å². The number of fused-ring (bicyclic) bond motifs is 1. The van der Waals surface area contributed by atoms with Crippen LogP contribution in [0, 0.1) is 12.8 Å². The highest BCUT2D eigenvalue weighted by Gasteiger charge is 2.35. The average Bonchev–Trinajstić information content (AvgIpc) is 3.03. The Labute approximate surface area is 190 Å². The van der Waals surface area contributed by atoms with Crippen molar-refractivity contribution in [3.63, 3.8) is 0 Å². The highest BCUT2D eigenvalue weighted by Crippen LogP contribution is 2.36. The zero-order valence-corrected chi connectivity index (χ0v) is 19.7. The van der Waals surface area contributed by atoms with Gasteiger partial charge >= 0.3 is 0 Å². The Balaban J connectivity index is 1.41. The van der Waals surface area contributed by atoms with Crippen LogP contribution in [0.5, 0.6) is 5.75 Å². The molecule has 1 aliphatic carbocycles. The minimum Gasteiger partial charge on any atom is -0.479 e. The number of ether oxygens (including phenoxy) is 1. The summed E-state index contributed by atoms with van der Waals surface area (Å²) < 4.78 is 33.8. The predicted octanol–water partition coefficient (Wildman–Crippen LogP) is 2.95. The first kappa shape index (κ1) is 23.0. The van der Waals surface area contributed by atoms with Crippen LogP contribution in [0.4, 0.5) is 5.69 Å². The largest absolute Gasteiger partial charge is 0.479 e. The van der Waals surface area contributed by atoms with Gasteiger partial charge in [0, 0.05) is 31.1 Å². The molecular weight excluding hydrogens is 430 g/mol. The van der Waals surface area contributed by atoms with Crippen LogP contribution in [-0.4, -0.2) is 49.8 Å². The number of nitrogens with one attached hydrogen (secondary N) is 2. The van der Waals surface area contributed by atoms with Gasteiger partial charge < -0.3 is 15.4 Å². The quantitative estimate of drug-likeness (QED) is 0.668. The summed E-state index contributed by atoms with van der Waals surface area (Å²) in [5, 5.41) is 5.95. The molecule has 2 heterocycles. The number of carbonyl (C=O) groups excluding carboxylic acids is 2. The van der Waals surface area contributed by atoms with E-state index in [2.05, 4.69) is 10.6 Å². The number of hydrogen-bond acceptors (Lipinski definition) is 5. The molecule has 0 radical (unpaired) electrons. The molecule has 1 saturated carbocycles. The Morgan fingerprint density at radius 1 is 1.09 bits per heavy atom. The molecule has 176 valence electrons. The Bertz CT molecular complexity index is 978. The molecule has 3 aliphatic rings. The molecule has 4 rings (SSSR count). The highest BCUT2D eigenvalue weighted by molar-refractivity contribution is 7.89. The Kier molecular flexibility index (Phi) is 6.76. The van der Waals surface area contributed by atoms with Crippen molar-refractivity contribution >= 4 is 27.5 Å². The second-order valence-electron chi connectivity index (χ2n) is 9.24. The van der Waals surface area contributed by atoms with E-state index in [0.29, 0.717) is 42.9 Å². The molecular formula is C23H33N3O5S. The van der Waals surface area contributed by atoms with Gasteiger partial charge in [-0.15, -0.1) is 0 Å². The molecule has 32 heavy (non-hydrogen) atoms. The summed E-state index contributed by atoms with van der Waals surface area (Å²) in [7, 11) is -3.73. The van der Waals surface area contributed by atoms with Crippen LogP contribution in [0.1, 0.15) is 63.9 Å². The molecule has 0 bridgehead atoms. The number of anilines is 1. The fourth-order valence-corrected chi connectivity index (χ4v) is 6.55. The predicted molar refractivity (Wildman–Crippen MR) is 121 cm³/mol. The van der Waals surface area contributed by atoms with Crippen LogP contribution in [0.25, 0.3) is 0 Å². The lowest BCUT2D eigenvalue weighted by atomic mass is 9.96. The average molecular weight is 464 g/mol. The zero-order valence-electron chi connectivity index (χ0n) is 18.9. The Hall–Kier alpha value is -2.13. The number of nitrogens with zero attached hydrogens (tertiary/aromatic N) is 1. The van der Waals surface area contributed by atoms with Crippen LogP contribution in [0.2, 0.25) is 0 Å². The molecule has 2 aliphatic heterocycles. The normalized spacial score (nSPS) is 23.6. The number of hydrogen-bond donors (Lipinski definition) is 2. The minimum absolute atomic E-state index is 0.0667. The molecule has 9 heteroatoms. The second kappa shape index (κ2) is 9.39. The van der Waals surface area contributed by atoms with Gasteiger partial charge in [-0.25, -0.2) is 8.42 Å². The lowest BCUT2D eigenvalue weighted by molar-refractivity contribution is -0.127. The lowest BCUT2D eigenvalue weighted by Crippen LogP contribution is -2.45. The molecule has 1 saturated heterocycles. The van der Waals surface area contributed by atoms with Gasteiger partial charge in [0.15, 0.2) is 6.10 Å². The van der Waals surface area contributed by atoms with Crippen molar-refractivity contribution < 1.29 is 22.7 Å². The topological polar surface area (TPSA) is 105 Å². The van der Waals surface area contributed by atoms with Crippen molar-refractivity contribution in [2.75, 3.05) is 18.4 Å². The summed E-state index contributed by atoms with van der Waals surface area (Å²) in [5.41, 5.74) is 1.04. The molecule has 1 atom stereocenters. The van der Waals surface area contributed by atoms with E-state index in [0.717, 1.165) is 25.7 Å². The van der Waals surface area contributed by atoms with Crippen LogP contribution >= 0.6 is 0 Å². The molecule has 2 amide bonds. The van der Waals surface area contributed by atoms with Crippen molar-refractivity contribution in [2.24, 2.45) is 5.92 Å². The number of amides is 2. The molecule has 1 unspecified atom stereocenters. The smallest absolute Gasteiger partial charge is 0.265 e. The van der Waals surface area contributed by atoms with E-state index in [9.17, 15) is 18.0 Å². The fourth-order valence-electron chi connectivity index (χ4n) is 4.86. The fraction of sp³-hybridized carbons (Fsp3) is 0.652. The second-order valence-corrected chi connectivity index (χ2v) is 11.1. The minimum atomic E-state index is -3.73. The summed E-state index contributed by atoms with van der Waals surface area (Å²) in [6.45, 7) is 3.96. The van der Waals surface area contributed by atoms with Gasteiger partial charge in [0.25, 0.3) is 5.91 Å². The molecule has 1 aromatic rings. The van der Waals surface area contributed by atoms with E-state index >= 15 is 0 Å². The third kappa shape index (κ3) is 4.78. The van der Waals surface area contributed by atoms with Crippen molar-refractivity contribution in [1.82, 2.24) is 9.62 Å². The maximum absolute atomic E-state index is 13.4. The maximum atomic E-state index is 13.4. The third-order valence-corrected chi connectivity index (χ3v) is 8.89. The summed E-state index contributed by atoms with van der Waals surface area (Å²) in [5.74, 6) is 0.0291. The maximum Gasteiger partial charge on any atom is 0.265 e. The molecule has 0 aromatic heterocycles. The number of sulfonamides is 1. The van der Waals surface area contributed by atoms with Crippen molar-refractivity contribution in [3.8, 4) is 5.75 Å². The van der Waals surface area contributed by atoms with Gasteiger partial charge in [-0.1, -0.05) is 25.7 Å². The van der Waals surface area contributed by atoms with E-state index in [4.69, 9.17) is 4.74 Å². The van der Waals surface area contributed by atoms with E-state index in [-0.39, 0.29) is 28.7 Å².